The quantitative estimate of drug-likeness (QED) is 0.436. The fourth-order valence-electron chi connectivity index (χ4n) is 5.59. The number of nitrogen functional groups attached to an aromatic ring is 1. The van der Waals surface area contributed by atoms with Crippen LogP contribution in [0.5, 0.6) is 0 Å². The van der Waals surface area contributed by atoms with Crippen LogP contribution in [0.2, 0.25) is 15.2 Å². The van der Waals surface area contributed by atoms with Gasteiger partial charge in [-0.15, -0.1) is 0 Å². The number of aromatic nitrogens is 1. The van der Waals surface area contributed by atoms with E-state index < -0.39 is 5.91 Å². The summed E-state index contributed by atoms with van der Waals surface area (Å²) in [5, 5.41) is 4.64. The Bertz CT molecular complexity index is 773. The second kappa shape index (κ2) is 6.54. The summed E-state index contributed by atoms with van der Waals surface area (Å²) in [5.41, 5.74) is 9.69. The number of carbonyl (C=O) groups excluding carboxylic acids is 1. The molecule has 1 aromatic heterocycles. The minimum atomic E-state index is -0.482. The van der Waals surface area contributed by atoms with Gasteiger partial charge in [-0.3, -0.25) is 4.79 Å². The van der Waals surface area contributed by atoms with Gasteiger partial charge in [-0.05, 0) is 74.8 Å². The lowest BCUT2D eigenvalue weighted by atomic mass is 9.48. The van der Waals surface area contributed by atoms with Crippen LogP contribution in [0.3, 0.4) is 0 Å². The molecule has 1 aromatic rings. The molecule has 4 aliphatic rings. The molecule has 4 bridgehead atoms. The van der Waals surface area contributed by atoms with Gasteiger partial charge in [0, 0.05) is 11.1 Å². The van der Waals surface area contributed by atoms with Crippen LogP contribution in [0, 0.1) is 23.2 Å². The molecule has 0 atom stereocenters. The Morgan fingerprint density at radius 3 is 2.19 bits per heavy atom. The Morgan fingerprint density at radius 2 is 1.65 bits per heavy atom. The van der Waals surface area contributed by atoms with E-state index in [-0.39, 0.29) is 32.0 Å². The summed E-state index contributed by atoms with van der Waals surface area (Å²) < 4.78 is 0. The summed E-state index contributed by atoms with van der Waals surface area (Å²) in [6.07, 6.45) is 7.68. The van der Waals surface area contributed by atoms with Gasteiger partial charge in [-0.1, -0.05) is 23.2 Å². The monoisotopic (exact) mass is 415 g/mol. The second-order valence-electron chi connectivity index (χ2n) is 8.19. The molecule has 8 heteroatoms. The number of halogens is 3. The van der Waals surface area contributed by atoms with Crippen molar-refractivity contribution in [2.45, 2.75) is 45.4 Å². The number of H-pyrrole nitrogens is 1. The highest BCUT2D eigenvalue weighted by atomic mass is 35.5. The number of hydrogen-bond donors (Lipinski definition) is 2. The Kier molecular flexibility index (Phi) is 4.61. The normalized spacial score (nSPS) is 32.8. The number of anilines is 1. The number of rotatable bonds is 3. The van der Waals surface area contributed by atoms with Gasteiger partial charge in [0.25, 0.3) is 10.8 Å². The SMILES string of the molecule is C/C(=N/NC(=O)c1[nH+]c(Cl)c(Cl)c(N)c1Cl)C12CC3CC(CC(C3)C1)C2. The topological polar surface area (TPSA) is 81.6 Å². The molecular formula is C18H22Cl3N4O+. The summed E-state index contributed by atoms with van der Waals surface area (Å²) in [6, 6.07) is 0. The number of aromatic amines is 1. The molecule has 0 aromatic carbocycles. The molecule has 0 unspecified atom stereocenters. The minimum absolute atomic E-state index is 0.0413. The van der Waals surface area contributed by atoms with Gasteiger partial charge < -0.3 is 5.73 Å². The number of hydrazone groups is 1. The van der Waals surface area contributed by atoms with Crippen LogP contribution in [0.25, 0.3) is 0 Å². The molecule has 140 valence electrons. The Hall–Kier alpha value is -1.04. The van der Waals surface area contributed by atoms with Crippen LogP contribution in [-0.4, -0.2) is 11.6 Å². The van der Waals surface area contributed by atoms with E-state index in [4.69, 9.17) is 40.5 Å². The Balaban J connectivity index is 1.54. The van der Waals surface area contributed by atoms with Gasteiger partial charge in [0.05, 0.1) is 5.69 Å². The number of nitrogens with two attached hydrogens (primary N) is 1. The summed E-state index contributed by atoms with van der Waals surface area (Å²) in [7, 11) is 0. The zero-order valence-electron chi connectivity index (χ0n) is 14.5. The van der Waals surface area contributed by atoms with E-state index in [2.05, 4.69) is 15.5 Å². The third-order valence-electron chi connectivity index (χ3n) is 6.48. The van der Waals surface area contributed by atoms with Crippen molar-refractivity contribution in [2.24, 2.45) is 28.3 Å². The Morgan fingerprint density at radius 1 is 1.12 bits per heavy atom. The number of nitrogens with one attached hydrogen (secondary N) is 2. The maximum Gasteiger partial charge on any atom is 0.337 e. The van der Waals surface area contributed by atoms with E-state index in [0.717, 1.165) is 23.5 Å². The smallest absolute Gasteiger partial charge is 0.337 e. The number of hydrogen-bond acceptors (Lipinski definition) is 3. The van der Waals surface area contributed by atoms with Crippen molar-refractivity contribution in [3.63, 3.8) is 0 Å². The molecule has 4 fully saturated rings. The van der Waals surface area contributed by atoms with Gasteiger partial charge >= 0.3 is 5.91 Å². The molecule has 0 radical (unpaired) electrons. The predicted octanol–water partition coefficient (Wildman–Crippen LogP) is 4.37. The maximum absolute atomic E-state index is 12.5. The first-order valence-electron chi connectivity index (χ1n) is 8.99. The van der Waals surface area contributed by atoms with Crippen molar-refractivity contribution in [3.8, 4) is 0 Å². The van der Waals surface area contributed by atoms with Crippen LogP contribution in [0.1, 0.15) is 55.9 Å². The molecule has 5 nitrogen and oxygen atoms in total. The largest absolute Gasteiger partial charge is 0.396 e. The highest BCUT2D eigenvalue weighted by molar-refractivity contribution is 6.45. The average Bonchev–Trinajstić information content (AvgIpc) is 2.59. The third-order valence-corrected chi connectivity index (χ3v) is 7.64. The first-order chi connectivity index (χ1) is 12.3. The van der Waals surface area contributed by atoms with Gasteiger partial charge in [0.15, 0.2) is 0 Å². The highest BCUT2D eigenvalue weighted by Gasteiger charge is 2.52. The number of pyridine rings is 1. The molecule has 4 aliphatic carbocycles. The fraction of sp³-hybridized carbons (Fsp3) is 0.611. The zero-order chi connectivity index (χ0) is 18.6. The van der Waals surface area contributed by atoms with E-state index in [1.165, 1.54) is 38.5 Å². The second-order valence-corrected chi connectivity index (χ2v) is 9.33. The van der Waals surface area contributed by atoms with Crippen molar-refractivity contribution in [1.82, 2.24) is 5.43 Å². The first-order valence-corrected chi connectivity index (χ1v) is 10.1. The average molecular weight is 417 g/mol. The summed E-state index contributed by atoms with van der Waals surface area (Å²) >= 11 is 18.0. The van der Waals surface area contributed by atoms with Crippen LogP contribution < -0.4 is 16.1 Å². The van der Waals surface area contributed by atoms with E-state index >= 15 is 0 Å². The standard InChI is InChI=1S/C18H21Cl3N4O/c1-8(18-5-9-2-10(6-18)4-11(3-9)7-18)24-25-17(26)15-12(19)14(22)13(20)16(21)23-15/h9-11H,2-7H2,1H3,(H2,22,23)(H,25,26)/p+1/b24-8-. The van der Waals surface area contributed by atoms with Crippen LogP contribution in [0.4, 0.5) is 5.69 Å². The lowest BCUT2D eigenvalue weighted by Gasteiger charge is -2.56. The molecule has 1 amide bonds. The molecule has 4 saturated carbocycles. The van der Waals surface area contributed by atoms with Crippen LogP contribution >= 0.6 is 34.8 Å². The van der Waals surface area contributed by atoms with Gasteiger partial charge in [-0.25, -0.2) is 5.43 Å². The lowest BCUT2D eigenvalue weighted by Crippen LogP contribution is -2.49. The molecule has 0 saturated heterocycles. The van der Waals surface area contributed by atoms with E-state index in [0.29, 0.717) is 0 Å². The first kappa shape index (κ1) is 18.3. The van der Waals surface area contributed by atoms with Crippen molar-refractivity contribution < 1.29 is 9.78 Å². The van der Waals surface area contributed by atoms with Crippen molar-refractivity contribution in [3.05, 3.63) is 20.9 Å². The van der Waals surface area contributed by atoms with Gasteiger partial charge in [-0.2, -0.15) is 10.1 Å². The van der Waals surface area contributed by atoms with E-state index in [1.807, 2.05) is 6.92 Å². The number of nitrogens with zero attached hydrogens (tertiary/aromatic N) is 1. The summed E-state index contributed by atoms with van der Waals surface area (Å²) in [6.45, 7) is 2.03. The van der Waals surface area contributed by atoms with E-state index in [9.17, 15) is 4.79 Å². The maximum atomic E-state index is 12.5. The predicted molar refractivity (Wildman–Crippen MR) is 104 cm³/mol. The molecule has 5 rings (SSSR count). The third kappa shape index (κ3) is 2.98. The number of amides is 1. The van der Waals surface area contributed by atoms with Crippen molar-refractivity contribution >= 4 is 52.1 Å². The lowest BCUT2D eigenvalue weighted by molar-refractivity contribution is -0.379. The van der Waals surface area contributed by atoms with Crippen LogP contribution in [-0.2, 0) is 0 Å². The summed E-state index contributed by atoms with van der Waals surface area (Å²) in [4.78, 5) is 15.2. The molecule has 26 heavy (non-hydrogen) atoms. The van der Waals surface area contributed by atoms with Gasteiger partial charge in [0.1, 0.15) is 10.0 Å². The molecule has 0 aliphatic heterocycles. The summed E-state index contributed by atoms with van der Waals surface area (Å²) in [5.74, 6) is 1.98. The highest BCUT2D eigenvalue weighted by Crippen LogP contribution is 2.60. The molecule has 1 heterocycles. The fourth-order valence-corrected chi connectivity index (χ4v) is 6.20. The van der Waals surface area contributed by atoms with Crippen LogP contribution in [0.15, 0.2) is 5.10 Å². The van der Waals surface area contributed by atoms with Crippen molar-refractivity contribution in [2.75, 3.05) is 5.73 Å². The molecule has 4 N–H and O–H groups in total. The molecule has 0 spiro atoms. The van der Waals surface area contributed by atoms with E-state index in [1.54, 1.807) is 0 Å². The minimum Gasteiger partial charge on any atom is -0.396 e. The van der Waals surface area contributed by atoms with Gasteiger partial charge in [0.2, 0.25) is 0 Å². The molecular weight excluding hydrogens is 395 g/mol. The Labute approximate surface area is 167 Å². The van der Waals surface area contributed by atoms with Crippen molar-refractivity contribution in [1.29, 1.82) is 0 Å². The number of carbonyl (C=O) groups is 1. The zero-order valence-corrected chi connectivity index (χ0v) is 16.8.